The molecule has 3 rings (SSSR count). The molecule has 0 aliphatic carbocycles. The summed E-state index contributed by atoms with van der Waals surface area (Å²) in [4.78, 5) is 16.0. The Kier molecular flexibility index (Phi) is 3.34. The molecule has 0 spiro atoms. The Morgan fingerprint density at radius 3 is 2.65 bits per heavy atom. The van der Waals surface area contributed by atoms with E-state index in [9.17, 15) is 4.79 Å². The van der Waals surface area contributed by atoms with E-state index in [0.717, 1.165) is 5.39 Å². The summed E-state index contributed by atoms with van der Waals surface area (Å²) in [6.45, 7) is 0. The van der Waals surface area contributed by atoms with Gasteiger partial charge < -0.3 is 9.73 Å². The maximum atomic E-state index is 12.0. The van der Waals surface area contributed by atoms with Crippen LogP contribution in [0.1, 0.15) is 10.6 Å². The monoisotopic (exact) mass is 306 g/mol. The first kappa shape index (κ1) is 13.0. The number of carbonyl (C=O) groups excluding carboxylic acids is 1. The third kappa shape index (κ3) is 2.61. The molecule has 0 fully saturated rings. The van der Waals surface area contributed by atoms with Crippen LogP contribution in [0.25, 0.3) is 11.0 Å². The van der Waals surface area contributed by atoms with Gasteiger partial charge in [-0.2, -0.15) is 0 Å². The lowest BCUT2D eigenvalue weighted by atomic mass is 10.2. The van der Waals surface area contributed by atoms with Crippen LogP contribution in [0.3, 0.4) is 0 Å². The fourth-order valence-electron chi connectivity index (χ4n) is 1.75. The predicted octanol–water partition coefficient (Wildman–Crippen LogP) is 4.39. The lowest BCUT2D eigenvalue weighted by Crippen LogP contribution is -2.11. The van der Waals surface area contributed by atoms with E-state index in [1.165, 1.54) is 6.20 Å². The number of halogens is 2. The number of hydrogen-bond acceptors (Lipinski definition) is 3. The normalized spacial score (nSPS) is 10.7. The van der Waals surface area contributed by atoms with Crippen molar-refractivity contribution in [2.45, 2.75) is 0 Å². The van der Waals surface area contributed by atoms with Crippen molar-refractivity contribution in [3.63, 3.8) is 0 Å². The van der Waals surface area contributed by atoms with Crippen LogP contribution in [0.5, 0.6) is 0 Å². The van der Waals surface area contributed by atoms with Crippen molar-refractivity contribution in [2.24, 2.45) is 0 Å². The number of aromatic nitrogens is 1. The summed E-state index contributed by atoms with van der Waals surface area (Å²) in [6, 6.07) is 10.0. The lowest BCUT2D eigenvalue weighted by Gasteiger charge is -2.01. The summed E-state index contributed by atoms with van der Waals surface area (Å²) in [7, 11) is 0. The Labute approximate surface area is 124 Å². The average molecular weight is 307 g/mol. The van der Waals surface area contributed by atoms with Crippen molar-refractivity contribution in [3.05, 3.63) is 58.4 Å². The minimum absolute atomic E-state index is 0.194. The molecule has 0 bridgehead atoms. The highest BCUT2D eigenvalue weighted by Crippen LogP contribution is 2.23. The number of furan rings is 1. The molecule has 2 aromatic heterocycles. The third-order valence-electron chi connectivity index (χ3n) is 2.67. The highest BCUT2D eigenvalue weighted by molar-refractivity contribution is 6.31. The second-order valence-corrected chi connectivity index (χ2v) is 4.98. The molecule has 6 heteroatoms. The third-order valence-corrected chi connectivity index (χ3v) is 3.13. The van der Waals surface area contributed by atoms with Crippen LogP contribution in [-0.4, -0.2) is 10.9 Å². The van der Waals surface area contributed by atoms with Gasteiger partial charge in [0, 0.05) is 16.6 Å². The molecule has 0 radical (unpaired) electrons. The zero-order valence-corrected chi connectivity index (χ0v) is 11.6. The summed E-state index contributed by atoms with van der Waals surface area (Å²) in [5.41, 5.74) is 0.601. The van der Waals surface area contributed by atoms with E-state index in [4.69, 9.17) is 27.6 Å². The smallest absolute Gasteiger partial charge is 0.292 e. The molecule has 4 nitrogen and oxygen atoms in total. The number of nitrogens with zero attached hydrogens (tertiary/aromatic N) is 1. The number of amides is 1. The Morgan fingerprint density at radius 1 is 1.10 bits per heavy atom. The highest BCUT2D eigenvalue weighted by Gasteiger charge is 2.13. The molecule has 0 saturated carbocycles. The first-order chi connectivity index (χ1) is 9.61. The number of nitrogens with one attached hydrogen (secondary N) is 1. The van der Waals surface area contributed by atoms with E-state index in [1.54, 1.807) is 36.4 Å². The van der Waals surface area contributed by atoms with Gasteiger partial charge in [-0.05, 0) is 36.4 Å². The Hall–Kier alpha value is -2.04. The molecule has 2 heterocycles. The minimum atomic E-state index is -0.382. The van der Waals surface area contributed by atoms with Gasteiger partial charge in [0.1, 0.15) is 11.4 Å². The van der Waals surface area contributed by atoms with Crippen molar-refractivity contribution < 1.29 is 9.21 Å². The van der Waals surface area contributed by atoms with Crippen molar-refractivity contribution in [1.29, 1.82) is 0 Å². The van der Waals surface area contributed by atoms with E-state index in [-0.39, 0.29) is 11.7 Å². The predicted molar refractivity (Wildman–Crippen MR) is 78.4 cm³/mol. The van der Waals surface area contributed by atoms with E-state index in [1.807, 2.05) is 0 Å². The van der Waals surface area contributed by atoms with Crippen LogP contribution in [0.2, 0.25) is 10.0 Å². The largest absolute Gasteiger partial charge is 0.451 e. The molecule has 3 aromatic rings. The summed E-state index contributed by atoms with van der Waals surface area (Å²) < 4.78 is 5.46. The van der Waals surface area contributed by atoms with Gasteiger partial charge in [-0.25, -0.2) is 4.98 Å². The van der Waals surface area contributed by atoms with Gasteiger partial charge in [-0.3, -0.25) is 4.79 Å². The second kappa shape index (κ2) is 5.15. The molecule has 0 unspecified atom stereocenters. The SMILES string of the molecule is O=C(Nc1ccc(Cl)cn1)c1cc2cc(Cl)ccc2o1. The molecule has 0 atom stereocenters. The molecule has 100 valence electrons. The zero-order chi connectivity index (χ0) is 14.1. The molecular formula is C14H8Cl2N2O2. The van der Waals surface area contributed by atoms with Gasteiger partial charge in [0.25, 0.3) is 5.91 Å². The van der Waals surface area contributed by atoms with Gasteiger partial charge in [-0.15, -0.1) is 0 Å². The van der Waals surface area contributed by atoms with Crippen molar-refractivity contribution in [3.8, 4) is 0 Å². The molecule has 0 saturated heterocycles. The summed E-state index contributed by atoms with van der Waals surface area (Å²) >= 11 is 11.6. The van der Waals surface area contributed by atoms with E-state index in [2.05, 4.69) is 10.3 Å². The van der Waals surface area contributed by atoms with Gasteiger partial charge in [-0.1, -0.05) is 23.2 Å². The van der Waals surface area contributed by atoms with Gasteiger partial charge in [0.15, 0.2) is 5.76 Å². The van der Waals surface area contributed by atoms with E-state index in [0.29, 0.717) is 21.4 Å². The first-order valence-corrected chi connectivity index (χ1v) is 6.49. The second-order valence-electron chi connectivity index (χ2n) is 4.11. The van der Waals surface area contributed by atoms with Crippen molar-refractivity contribution in [1.82, 2.24) is 4.98 Å². The first-order valence-electron chi connectivity index (χ1n) is 5.74. The van der Waals surface area contributed by atoms with Crippen LogP contribution in [-0.2, 0) is 0 Å². The van der Waals surface area contributed by atoms with Crippen LogP contribution < -0.4 is 5.32 Å². The fourth-order valence-corrected chi connectivity index (χ4v) is 2.05. The molecular weight excluding hydrogens is 299 g/mol. The number of pyridine rings is 1. The van der Waals surface area contributed by atoms with Crippen molar-refractivity contribution >= 4 is 45.9 Å². The number of rotatable bonds is 2. The molecule has 20 heavy (non-hydrogen) atoms. The number of hydrogen-bond donors (Lipinski definition) is 1. The quantitative estimate of drug-likeness (QED) is 0.764. The zero-order valence-electron chi connectivity index (χ0n) is 10.1. The maximum absolute atomic E-state index is 12.0. The lowest BCUT2D eigenvalue weighted by molar-refractivity contribution is 0.0998. The standard InChI is InChI=1S/C14H8Cl2N2O2/c15-9-1-3-11-8(5-9)6-12(20-11)14(19)18-13-4-2-10(16)7-17-13/h1-7H,(H,17,18,19). The molecule has 1 aromatic carbocycles. The number of anilines is 1. The van der Waals surface area contributed by atoms with Gasteiger partial charge in [0.2, 0.25) is 0 Å². The Morgan fingerprint density at radius 2 is 1.90 bits per heavy atom. The summed E-state index contributed by atoms with van der Waals surface area (Å²) in [5.74, 6) is 0.212. The van der Waals surface area contributed by atoms with Crippen molar-refractivity contribution in [2.75, 3.05) is 5.32 Å². The molecule has 1 N–H and O–H groups in total. The molecule has 0 aliphatic heterocycles. The number of fused-ring (bicyclic) bond motifs is 1. The molecule has 1 amide bonds. The average Bonchev–Trinajstić information content (AvgIpc) is 2.84. The van der Waals surface area contributed by atoms with E-state index < -0.39 is 0 Å². The Balaban J connectivity index is 1.86. The fraction of sp³-hybridized carbons (Fsp3) is 0. The van der Waals surface area contributed by atoms with E-state index >= 15 is 0 Å². The van der Waals surface area contributed by atoms with Gasteiger partial charge >= 0.3 is 0 Å². The number of benzene rings is 1. The number of carbonyl (C=O) groups is 1. The van der Waals surface area contributed by atoms with Crippen LogP contribution in [0.15, 0.2) is 47.0 Å². The minimum Gasteiger partial charge on any atom is -0.451 e. The highest BCUT2D eigenvalue weighted by atomic mass is 35.5. The summed E-state index contributed by atoms with van der Waals surface area (Å²) in [6.07, 6.45) is 1.45. The topological polar surface area (TPSA) is 55.1 Å². The molecule has 0 aliphatic rings. The maximum Gasteiger partial charge on any atom is 0.292 e. The Bertz CT molecular complexity index is 781. The van der Waals surface area contributed by atoms with Crippen LogP contribution in [0, 0.1) is 0 Å². The summed E-state index contributed by atoms with van der Waals surface area (Å²) in [5, 5.41) is 4.48. The van der Waals surface area contributed by atoms with Crippen LogP contribution in [0.4, 0.5) is 5.82 Å². The van der Waals surface area contributed by atoms with Crippen LogP contribution >= 0.6 is 23.2 Å². The van der Waals surface area contributed by atoms with Gasteiger partial charge in [0.05, 0.1) is 5.02 Å².